The molecule has 3 saturated heterocycles. The van der Waals surface area contributed by atoms with Crippen LogP contribution in [0.2, 0.25) is 0 Å². The van der Waals surface area contributed by atoms with Crippen molar-refractivity contribution >= 4 is 34.9 Å². The second kappa shape index (κ2) is 10.5. The van der Waals surface area contributed by atoms with Gasteiger partial charge >= 0.3 is 0 Å². The van der Waals surface area contributed by atoms with E-state index in [1.165, 1.54) is 32.1 Å². The molecule has 0 aromatic carbocycles. The van der Waals surface area contributed by atoms with Crippen LogP contribution in [0.1, 0.15) is 39.0 Å². The topological polar surface area (TPSA) is 68.8 Å². The van der Waals surface area contributed by atoms with Gasteiger partial charge in [0.15, 0.2) is 5.11 Å². The van der Waals surface area contributed by atoms with Gasteiger partial charge in [0.05, 0.1) is 13.2 Å². The van der Waals surface area contributed by atoms with Gasteiger partial charge in [0, 0.05) is 57.9 Å². The predicted molar refractivity (Wildman–Crippen MR) is 126 cm³/mol. The Morgan fingerprint density at radius 3 is 2.57 bits per heavy atom. The molecule has 1 aromatic heterocycles. The molecular weight excluding hydrogens is 398 g/mol. The molecule has 1 atom stereocenters. The Balaban J connectivity index is 1.40. The molecule has 4 heterocycles. The number of nitrogens with one attached hydrogen (secondary N) is 2. The first-order chi connectivity index (χ1) is 14.7. The molecule has 8 nitrogen and oxygen atoms in total. The Kier molecular flexibility index (Phi) is 7.57. The van der Waals surface area contributed by atoms with Crippen molar-refractivity contribution in [1.29, 1.82) is 0 Å². The van der Waals surface area contributed by atoms with Gasteiger partial charge in [0.25, 0.3) is 0 Å². The lowest BCUT2D eigenvalue weighted by atomic mass is 10.0. The van der Waals surface area contributed by atoms with Gasteiger partial charge in [-0.2, -0.15) is 9.97 Å². The normalized spacial score (nSPS) is 22.9. The van der Waals surface area contributed by atoms with Gasteiger partial charge in [-0.25, -0.2) is 0 Å². The van der Waals surface area contributed by atoms with Crippen molar-refractivity contribution in [3.63, 3.8) is 0 Å². The van der Waals surface area contributed by atoms with E-state index in [9.17, 15) is 0 Å². The van der Waals surface area contributed by atoms with Crippen LogP contribution in [0.5, 0.6) is 0 Å². The number of rotatable bonds is 6. The van der Waals surface area contributed by atoms with E-state index in [-0.39, 0.29) is 0 Å². The van der Waals surface area contributed by atoms with Gasteiger partial charge in [-0.15, -0.1) is 0 Å². The zero-order valence-corrected chi connectivity index (χ0v) is 18.9. The number of morpholine rings is 1. The third-order valence-electron chi connectivity index (χ3n) is 6.27. The summed E-state index contributed by atoms with van der Waals surface area (Å²) in [5.74, 6) is 2.61. The lowest BCUT2D eigenvalue weighted by Crippen LogP contribution is -2.42. The number of thiocarbonyl (C=S) groups is 1. The van der Waals surface area contributed by atoms with Crippen molar-refractivity contribution in [3.05, 3.63) is 6.07 Å². The van der Waals surface area contributed by atoms with Crippen LogP contribution in [0.25, 0.3) is 0 Å². The van der Waals surface area contributed by atoms with Crippen LogP contribution in [0.4, 0.5) is 17.6 Å². The molecule has 3 fully saturated rings. The van der Waals surface area contributed by atoms with Crippen LogP contribution < -0.4 is 20.4 Å². The minimum Gasteiger partial charge on any atom is -0.379 e. The molecule has 166 valence electrons. The van der Waals surface area contributed by atoms with E-state index in [0.717, 1.165) is 70.7 Å². The summed E-state index contributed by atoms with van der Waals surface area (Å²) in [5.41, 5.74) is 0. The van der Waals surface area contributed by atoms with Crippen LogP contribution in [0.15, 0.2) is 6.07 Å². The van der Waals surface area contributed by atoms with E-state index in [1.807, 2.05) is 0 Å². The van der Waals surface area contributed by atoms with E-state index in [1.54, 1.807) is 0 Å². The third kappa shape index (κ3) is 5.70. The van der Waals surface area contributed by atoms with Gasteiger partial charge in [0.2, 0.25) is 5.95 Å². The van der Waals surface area contributed by atoms with Gasteiger partial charge < -0.3 is 25.2 Å². The molecule has 0 radical (unpaired) electrons. The fraction of sp³-hybridized carbons (Fsp3) is 0.762. The molecular formula is C21H35N7OS. The fourth-order valence-corrected chi connectivity index (χ4v) is 4.66. The summed E-state index contributed by atoms with van der Waals surface area (Å²) in [6.45, 7) is 10.8. The van der Waals surface area contributed by atoms with Crippen LogP contribution in [-0.2, 0) is 4.74 Å². The predicted octanol–water partition coefficient (Wildman–Crippen LogP) is 2.07. The van der Waals surface area contributed by atoms with Gasteiger partial charge in [-0.3, -0.25) is 4.90 Å². The van der Waals surface area contributed by atoms with Crippen molar-refractivity contribution in [2.45, 2.75) is 45.1 Å². The van der Waals surface area contributed by atoms with E-state index in [4.69, 9.17) is 26.9 Å². The van der Waals surface area contributed by atoms with E-state index >= 15 is 0 Å². The molecule has 2 N–H and O–H groups in total. The second-order valence-corrected chi connectivity index (χ2v) is 8.88. The number of anilines is 3. The minimum absolute atomic E-state index is 0.506. The first-order valence-corrected chi connectivity index (χ1v) is 11.9. The Morgan fingerprint density at radius 2 is 1.80 bits per heavy atom. The smallest absolute Gasteiger partial charge is 0.232 e. The highest BCUT2D eigenvalue weighted by atomic mass is 32.1. The Labute approximate surface area is 185 Å². The number of piperidine rings is 1. The van der Waals surface area contributed by atoms with E-state index < -0.39 is 0 Å². The zero-order chi connectivity index (χ0) is 20.8. The van der Waals surface area contributed by atoms with Crippen molar-refractivity contribution < 1.29 is 4.74 Å². The highest BCUT2D eigenvalue weighted by molar-refractivity contribution is 7.80. The Hall–Kier alpha value is -1.71. The monoisotopic (exact) mass is 433 g/mol. The number of hydrogen-bond acceptors (Lipinski definition) is 7. The molecule has 0 aliphatic carbocycles. The Morgan fingerprint density at radius 1 is 1.07 bits per heavy atom. The first-order valence-electron chi connectivity index (χ1n) is 11.4. The largest absolute Gasteiger partial charge is 0.379 e. The lowest BCUT2D eigenvalue weighted by molar-refractivity contribution is 0.0389. The molecule has 3 aliphatic heterocycles. The summed E-state index contributed by atoms with van der Waals surface area (Å²) in [6.07, 6.45) is 6.18. The van der Waals surface area contributed by atoms with Gasteiger partial charge in [0.1, 0.15) is 11.6 Å². The standard InChI is InChI=1S/C21H35N7OS/c1-17-6-2-3-10-28(17)19-16-18(27-8-4-5-9-27)23-20(24-19)25-21(30)22-7-11-26-12-14-29-15-13-26/h16-17H,2-15H2,1H3,(H2,22,23,24,25,30)/t17-/m1/s1. The van der Waals surface area contributed by atoms with Crippen molar-refractivity contribution in [1.82, 2.24) is 20.2 Å². The SMILES string of the molecule is C[C@@H]1CCCCN1c1cc(N2CCCC2)nc(NC(=S)NCCN2CCOCC2)n1. The number of ether oxygens (including phenoxy) is 1. The van der Waals surface area contributed by atoms with E-state index in [0.29, 0.717) is 17.1 Å². The van der Waals surface area contributed by atoms with E-state index in [2.05, 4.69) is 38.3 Å². The highest BCUT2D eigenvalue weighted by Gasteiger charge is 2.23. The number of aromatic nitrogens is 2. The minimum atomic E-state index is 0.506. The summed E-state index contributed by atoms with van der Waals surface area (Å²) >= 11 is 5.53. The van der Waals surface area contributed by atoms with Crippen molar-refractivity contribution in [2.75, 3.05) is 74.1 Å². The summed E-state index contributed by atoms with van der Waals surface area (Å²) < 4.78 is 5.40. The highest BCUT2D eigenvalue weighted by Crippen LogP contribution is 2.28. The summed E-state index contributed by atoms with van der Waals surface area (Å²) in [6, 6.07) is 2.67. The molecule has 0 unspecified atom stereocenters. The quantitative estimate of drug-likeness (QED) is 0.656. The van der Waals surface area contributed by atoms with Gasteiger partial charge in [-0.05, 0) is 51.2 Å². The fourth-order valence-electron chi connectivity index (χ4n) is 4.47. The molecule has 0 amide bonds. The first kappa shape index (κ1) is 21.5. The maximum Gasteiger partial charge on any atom is 0.232 e. The molecule has 30 heavy (non-hydrogen) atoms. The maximum atomic E-state index is 5.53. The Bertz CT molecular complexity index is 707. The number of nitrogens with zero attached hydrogens (tertiary/aromatic N) is 5. The molecule has 0 saturated carbocycles. The summed E-state index contributed by atoms with van der Waals surface area (Å²) in [5, 5.41) is 7.13. The molecule has 0 bridgehead atoms. The summed E-state index contributed by atoms with van der Waals surface area (Å²) in [4.78, 5) is 16.8. The molecule has 0 spiro atoms. The zero-order valence-electron chi connectivity index (χ0n) is 18.1. The van der Waals surface area contributed by atoms with Crippen LogP contribution in [0, 0.1) is 0 Å². The average molecular weight is 434 g/mol. The van der Waals surface area contributed by atoms with Crippen LogP contribution in [-0.4, -0.2) is 85.0 Å². The maximum absolute atomic E-state index is 5.53. The van der Waals surface area contributed by atoms with Gasteiger partial charge in [-0.1, -0.05) is 0 Å². The number of hydrogen-bond donors (Lipinski definition) is 2. The van der Waals surface area contributed by atoms with Crippen LogP contribution >= 0.6 is 12.2 Å². The third-order valence-corrected chi connectivity index (χ3v) is 6.52. The average Bonchev–Trinajstić information content (AvgIpc) is 3.30. The molecule has 3 aliphatic rings. The van der Waals surface area contributed by atoms with Crippen molar-refractivity contribution in [2.24, 2.45) is 0 Å². The van der Waals surface area contributed by atoms with Crippen molar-refractivity contribution in [3.8, 4) is 0 Å². The molecule has 1 aromatic rings. The lowest BCUT2D eigenvalue weighted by Gasteiger charge is -2.35. The molecule has 9 heteroatoms. The molecule has 4 rings (SSSR count). The van der Waals surface area contributed by atoms with Crippen LogP contribution in [0.3, 0.4) is 0 Å². The summed E-state index contributed by atoms with van der Waals surface area (Å²) in [7, 11) is 0. The second-order valence-electron chi connectivity index (χ2n) is 8.48.